The highest BCUT2D eigenvalue weighted by atomic mass is 32.1. The molecule has 27 heavy (non-hydrogen) atoms. The van der Waals surface area contributed by atoms with Crippen molar-refractivity contribution in [3.05, 3.63) is 53.1 Å². The van der Waals surface area contributed by atoms with Crippen LogP contribution >= 0.6 is 11.3 Å². The van der Waals surface area contributed by atoms with E-state index >= 15 is 0 Å². The first-order valence-corrected chi connectivity index (χ1v) is 9.12. The number of nitrogens with zero attached hydrogens (tertiary/aromatic N) is 2. The lowest BCUT2D eigenvalue weighted by atomic mass is 10.1. The second kappa shape index (κ2) is 6.89. The van der Waals surface area contributed by atoms with Crippen LogP contribution in [0, 0.1) is 18.2 Å². The smallest absolute Gasteiger partial charge is 0.293 e. The Kier molecular flexibility index (Phi) is 4.42. The SMILES string of the molecule is C#CCn1c(=NC(=O)C2Oc3ccccc3OC2C)sc2cccc(F)c21. The zero-order valence-corrected chi connectivity index (χ0v) is 15.2. The highest BCUT2D eigenvalue weighted by Gasteiger charge is 2.34. The van der Waals surface area contributed by atoms with Crippen LogP contribution in [0.3, 0.4) is 0 Å². The minimum absolute atomic E-state index is 0.105. The fraction of sp³-hybridized carbons (Fsp3) is 0.200. The van der Waals surface area contributed by atoms with Crippen molar-refractivity contribution in [2.45, 2.75) is 25.7 Å². The Morgan fingerprint density at radius 3 is 2.74 bits per heavy atom. The zero-order chi connectivity index (χ0) is 19.0. The van der Waals surface area contributed by atoms with Crippen LogP contribution in [0.5, 0.6) is 11.5 Å². The van der Waals surface area contributed by atoms with E-state index in [2.05, 4.69) is 10.9 Å². The molecule has 0 bridgehead atoms. The van der Waals surface area contributed by atoms with Crippen molar-refractivity contribution in [2.24, 2.45) is 4.99 Å². The maximum Gasteiger partial charge on any atom is 0.293 e. The molecule has 0 saturated heterocycles. The summed E-state index contributed by atoms with van der Waals surface area (Å²) in [5.41, 5.74) is 0.339. The molecule has 4 rings (SSSR count). The molecule has 2 atom stereocenters. The van der Waals surface area contributed by atoms with Gasteiger partial charge in [-0.3, -0.25) is 4.79 Å². The number of terminal acetylenes is 1. The van der Waals surface area contributed by atoms with Crippen molar-refractivity contribution in [1.29, 1.82) is 0 Å². The normalized spacial score (nSPS) is 19.1. The van der Waals surface area contributed by atoms with Crippen LogP contribution in [0.15, 0.2) is 47.5 Å². The molecule has 0 saturated carbocycles. The molecule has 0 fully saturated rings. The first kappa shape index (κ1) is 17.3. The number of halogens is 1. The summed E-state index contributed by atoms with van der Waals surface area (Å²) >= 11 is 1.20. The first-order valence-electron chi connectivity index (χ1n) is 8.30. The molecule has 2 unspecified atom stereocenters. The Morgan fingerprint density at radius 2 is 2.00 bits per heavy atom. The summed E-state index contributed by atoms with van der Waals surface area (Å²) < 4.78 is 28.0. The van der Waals surface area contributed by atoms with Gasteiger partial charge in [0.1, 0.15) is 11.9 Å². The summed E-state index contributed by atoms with van der Waals surface area (Å²) in [4.78, 5) is 17.3. The molecule has 136 valence electrons. The molecule has 3 aromatic rings. The topological polar surface area (TPSA) is 52.8 Å². The van der Waals surface area contributed by atoms with Gasteiger partial charge in [-0.1, -0.05) is 35.5 Å². The summed E-state index contributed by atoms with van der Waals surface area (Å²) in [7, 11) is 0. The predicted octanol–water partition coefficient (Wildman–Crippen LogP) is 3.13. The molecule has 0 radical (unpaired) electrons. The average molecular weight is 382 g/mol. The van der Waals surface area contributed by atoms with Crippen LogP contribution in [0.25, 0.3) is 10.2 Å². The second-order valence-electron chi connectivity index (χ2n) is 6.02. The molecule has 1 amide bonds. The second-order valence-corrected chi connectivity index (χ2v) is 7.03. The minimum atomic E-state index is -0.894. The Bertz CT molecular complexity index is 1140. The number of hydrogen-bond donors (Lipinski definition) is 0. The summed E-state index contributed by atoms with van der Waals surface area (Å²) in [5, 5.41) is 0. The number of aromatic nitrogens is 1. The fourth-order valence-electron chi connectivity index (χ4n) is 2.96. The van der Waals surface area contributed by atoms with Gasteiger partial charge in [0.25, 0.3) is 5.91 Å². The zero-order valence-electron chi connectivity index (χ0n) is 14.4. The fourth-order valence-corrected chi connectivity index (χ4v) is 4.01. The molecule has 0 aliphatic carbocycles. The Hall–Kier alpha value is -3.11. The molecule has 0 N–H and O–H groups in total. The van der Waals surface area contributed by atoms with Crippen molar-refractivity contribution in [3.8, 4) is 23.8 Å². The number of carbonyl (C=O) groups excluding carboxylic acids is 1. The van der Waals surface area contributed by atoms with Gasteiger partial charge in [-0.05, 0) is 31.2 Å². The predicted molar refractivity (Wildman–Crippen MR) is 100 cm³/mol. The number of rotatable bonds is 2. The highest BCUT2D eigenvalue weighted by molar-refractivity contribution is 7.16. The van der Waals surface area contributed by atoms with E-state index in [0.717, 1.165) is 0 Å². The summed E-state index contributed by atoms with van der Waals surface area (Å²) in [6.07, 6.45) is 4.01. The van der Waals surface area contributed by atoms with Gasteiger partial charge in [0.05, 0.1) is 16.8 Å². The van der Waals surface area contributed by atoms with Gasteiger partial charge in [-0.15, -0.1) is 6.42 Å². The third kappa shape index (κ3) is 3.09. The molecule has 7 heteroatoms. The van der Waals surface area contributed by atoms with E-state index in [1.54, 1.807) is 37.3 Å². The molecule has 1 aromatic heterocycles. The number of amides is 1. The Labute approximate surface area is 158 Å². The Morgan fingerprint density at radius 1 is 1.26 bits per heavy atom. The van der Waals surface area contributed by atoms with Crippen molar-refractivity contribution in [2.75, 3.05) is 0 Å². The van der Waals surface area contributed by atoms with Gasteiger partial charge in [-0.2, -0.15) is 4.99 Å². The Balaban J connectivity index is 1.76. The van der Waals surface area contributed by atoms with Gasteiger partial charge in [0.15, 0.2) is 16.3 Å². The van der Waals surface area contributed by atoms with Crippen LogP contribution < -0.4 is 14.3 Å². The van der Waals surface area contributed by atoms with Crippen molar-refractivity contribution < 1.29 is 18.7 Å². The van der Waals surface area contributed by atoms with Gasteiger partial charge in [0, 0.05) is 0 Å². The molecular weight excluding hydrogens is 367 g/mol. The number of benzene rings is 2. The van der Waals surface area contributed by atoms with E-state index in [0.29, 0.717) is 26.5 Å². The van der Waals surface area contributed by atoms with Crippen LogP contribution in [-0.2, 0) is 11.3 Å². The number of carbonyl (C=O) groups is 1. The summed E-state index contributed by atoms with van der Waals surface area (Å²) in [5.74, 6) is 2.64. The highest BCUT2D eigenvalue weighted by Crippen LogP contribution is 2.33. The molecular formula is C20H15FN2O3S. The van der Waals surface area contributed by atoms with Crippen LogP contribution in [0.1, 0.15) is 6.92 Å². The molecule has 2 heterocycles. The number of fused-ring (bicyclic) bond motifs is 2. The third-order valence-electron chi connectivity index (χ3n) is 4.19. The molecule has 1 aliphatic rings. The van der Waals surface area contributed by atoms with Gasteiger partial charge < -0.3 is 14.0 Å². The van der Waals surface area contributed by atoms with E-state index < -0.39 is 23.9 Å². The van der Waals surface area contributed by atoms with Crippen LogP contribution in [-0.4, -0.2) is 22.7 Å². The average Bonchev–Trinajstić information content (AvgIpc) is 3.00. The van der Waals surface area contributed by atoms with E-state index in [1.165, 1.54) is 22.0 Å². The van der Waals surface area contributed by atoms with Gasteiger partial charge in [0.2, 0.25) is 6.10 Å². The van der Waals surface area contributed by atoms with E-state index in [1.807, 2.05) is 6.07 Å². The maximum atomic E-state index is 14.2. The standard InChI is InChI=1S/C20H15FN2O3S/c1-3-11-23-17-13(21)7-6-10-16(17)27-20(23)22-19(24)18-12(2)25-14-8-4-5-9-15(14)26-18/h1,4-10,12,18H,11H2,2H3. The monoisotopic (exact) mass is 382 g/mol. The third-order valence-corrected chi connectivity index (χ3v) is 5.24. The lowest BCUT2D eigenvalue weighted by molar-refractivity contribution is -0.130. The van der Waals surface area contributed by atoms with Gasteiger partial charge in [-0.25, -0.2) is 4.39 Å². The maximum absolute atomic E-state index is 14.2. The summed E-state index contributed by atoms with van der Waals surface area (Å²) in [6, 6.07) is 11.9. The summed E-state index contributed by atoms with van der Waals surface area (Å²) in [6.45, 7) is 1.85. The van der Waals surface area contributed by atoms with Gasteiger partial charge >= 0.3 is 0 Å². The van der Waals surface area contributed by atoms with E-state index in [4.69, 9.17) is 15.9 Å². The number of thiazole rings is 1. The van der Waals surface area contributed by atoms with Crippen LogP contribution in [0.4, 0.5) is 4.39 Å². The van der Waals surface area contributed by atoms with Crippen LogP contribution in [0.2, 0.25) is 0 Å². The van der Waals surface area contributed by atoms with E-state index in [9.17, 15) is 9.18 Å². The quantitative estimate of drug-likeness (QED) is 0.640. The lowest BCUT2D eigenvalue weighted by Crippen LogP contribution is -2.43. The molecule has 1 aliphatic heterocycles. The first-order chi connectivity index (χ1) is 13.1. The largest absolute Gasteiger partial charge is 0.482 e. The molecule has 2 aromatic carbocycles. The molecule has 0 spiro atoms. The molecule has 5 nitrogen and oxygen atoms in total. The number of hydrogen-bond acceptors (Lipinski definition) is 4. The number of para-hydroxylation sites is 3. The van der Waals surface area contributed by atoms with E-state index in [-0.39, 0.29) is 6.54 Å². The van der Waals surface area contributed by atoms with Crippen molar-refractivity contribution >= 4 is 27.5 Å². The minimum Gasteiger partial charge on any atom is -0.482 e. The number of ether oxygens (including phenoxy) is 2. The van der Waals surface area contributed by atoms with Crippen molar-refractivity contribution in [3.63, 3.8) is 0 Å². The van der Waals surface area contributed by atoms with Crippen molar-refractivity contribution in [1.82, 2.24) is 4.57 Å². The lowest BCUT2D eigenvalue weighted by Gasteiger charge is -2.29.